The number of phenolic OH excluding ortho intramolecular Hbond substituents is 1. The fourth-order valence-electron chi connectivity index (χ4n) is 3.88. The maximum Gasteiger partial charge on any atom is 0.269 e. The lowest BCUT2D eigenvalue weighted by Gasteiger charge is -2.30. The number of anilines is 1. The summed E-state index contributed by atoms with van der Waals surface area (Å²) < 4.78 is 5.22. The van der Waals surface area contributed by atoms with Gasteiger partial charge in [-0.05, 0) is 42.7 Å². The Morgan fingerprint density at radius 3 is 2.68 bits per heavy atom. The van der Waals surface area contributed by atoms with Crippen molar-refractivity contribution in [2.24, 2.45) is 0 Å². The van der Waals surface area contributed by atoms with Crippen molar-refractivity contribution in [1.29, 1.82) is 0 Å². The number of rotatable bonds is 5. The molecule has 2 fully saturated rings. The number of hydrazine groups is 1. The number of carbonyl (C=O) groups excluding carboxylic acids is 1. The van der Waals surface area contributed by atoms with Crippen LogP contribution in [0.1, 0.15) is 24.6 Å². The maximum atomic E-state index is 13.0. The molecule has 0 unspecified atom stereocenters. The van der Waals surface area contributed by atoms with Crippen LogP contribution >= 0.6 is 0 Å². The van der Waals surface area contributed by atoms with Crippen LogP contribution in [-0.2, 0) is 4.79 Å². The standard InChI is InChI=1S/C19H20N4O5/c1-28-17-11-12(4-9-16(17)24)18-21-10-2-3-15(21)19(25)22(18)20-13-5-7-14(8-6-13)23(26)27/h4-9,11,15,18,20,24H,2-3,10H2,1H3/t15-,18+/m0/s1. The number of phenols is 1. The van der Waals surface area contributed by atoms with Crippen molar-refractivity contribution in [3.05, 3.63) is 58.1 Å². The van der Waals surface area contributed by atoms with Gasteiger partial charge in [-0.3, -0.25) is 25.2 Å². The van der Waals surface area contributed by atoms with Gasteiger partial charge in [-0.15, -0.1) is 0 Å². The molecule has 2 saturated heterocycles. The van der Waals surface area contributed by atoms with E-state index in [-0.39, 0.29) is 29.6 Å². The van der Waals surface area contributed by atoms with Crippen LogP contribution in [0.2, 0.25) is 0 Å². The van der Waals surface area contributed by atoms with Gasteiger partial charge < -0.3 is 9.84 Å². The minimum Gasteiger partial charge on any atom is -0.504 e. The molecule has 0 bridgehead atoms. The predicted molar refractivity (Wildman–Crippen MR) is 101 cm³/mol. The predicted octanol–water partition coefficient (Wildman–Crippen LogP) is 2.64. The molecule has 2 aliphatic heterocycles. The molecule has 2 heterocycles. The number of nitro benzene ring substituents is 1. The summed E-state index contributed by atoms with van der Waals surface area (Å²) in [4.78, 5) is 25.5. The Balaban J connectivity index is 1.67. The number of nitrogens with zero attached hydrogens (tertiary/aromatic N) is 3. The van der Waals surface area contributed by atoms with Crippen molar-refractivity contribution in [1.82, 2.24) is 9.91 Å². The van der Waals surface area contributed by atoms with Crippen LogP contribution in [0.3, 0.4) is 0 Å². The van der Waals surface area contributed by atoms with E-state index in [1.807, 2.05) is 0 Å². The molecule has 4 rings (SSSR count). The Kier molecular flexibility index (Phi) is 4.52. The lowest BCUT2D eigenvalue weighted by molar-refractivity contribution is -0.384. The molecule has 2 N–H and O–H groups in total. The lowest BCUT2D eigenvalue weighted by Crippen LogP contribution is -2.37. The Morgan fingerprint density at radius 2 is 2.00 bits per heavy atom. The first kappa shape index (κ1) is 18.1. The number of ether oxygens (including phenoxy) is 1. The minimum absolute atomic E-state index is 0.0151. The fraction of sp³-hybridized carbons (Fsp3) is 0.316. The van der Waals surface area contributed by atoms with Crippen molar-refractivity contribution >= 4 is 17.3 Å². The zero-order valence-corrected chi connectivity index (χ0v) is 15.2. The van der Waals surface area contributed by atoms with E-state index in [0.717, 1.165) is 24.9 Å². The van der Waals surface area contributed by atoms with Gasteiger partial charge in [0.1, 0.15) is 6.17 Å². The number of aromatic hydroxyl groups is 1. The van der Waals surface area contributed by atoms with Crippen molar-refractivity contribution in [2.45, 2.75) is 25.0 Å². The highest BCUT2D eigenvalue weighted by molar-refractivity contribution is 5.86. The number of fused-ring (bicyclic) bond motifs is 1. The van der Waals surface area contributed by atoms with Gasteiger partial charge >= 0.3 is 0 Å². The number of methoxy groups -OCH3 is 1. The quantitative estimate of drug-likeness (QED) is 0.603. The molecule has 2 aromatic rings. The van der Waals surface area contributed by atoms with Crippen LogP contribution in [0.25, 0.3) is 0 Å². The third-order valence-electron chi connectivity index (χ3n) is 5.21. The van der Waals surface area contributed by atoms with Crippen molar-refractivity contribution in [3.8, 4) is 11.5 Å². The van der Waals surface area contributed by atoms with Crippen LogP contribution in [0.4, 0.5) is 11.4 Å². The number of nitrogens with one attached hydrogen (secondary N) is 1. The van der Waals surface area contributed by atoms with E-state index in [0.29, 0.717) is 11.4 Å². The van der Waals surface area contributed by atoms with Crippen molar-refractivity contribution in [3.63, 3.8) is 0 Å². The smallest absolute Gasteiger partial charge is 0.269 e. The summed E-state index contributed by atoms with van der Waals surface area (Å²) in [7, 11) is 1.48. The van der Waals surface area contributed by atoms with E-state index in [9.17, 15) is 20.0 Å². The average molecular weight is 384 g/mol. The number of hydrogen-bond donors (Lipinski definition) is 2. The van der Waals surface area contributed by atoms with Crippen molar-refractivity contribution in [2.75, 3.05) is 19.1 Å². The molecule has 0 spiro atoms. The largest absolute Gasteiger partial charge is 0.504 e. The summed E-state index contributed by atoms with van der Waals surface area (Å²) in [5.74, 6) is 0.319. The number of amides is 1. The normalized spacial score (nSPS) is 21.6. The molecule has 0 aliphatic carbocycles. The summed E-state index contributed by atoms with van der Waals surface area (Å²) in [5, 5.41) is 22.3. The van der Waals surface area contributed by atoms with E-state index >= 15 is 0 Å². The monoisotopic (exact) mass is 384 g/mol. The topological polar surface area (TPSA) is 108 Å². The highest BCUT2D eigenvalue weighted by atomic mass is 16.6. The fourth-order valence-corrected chi connectivity index (χ4v) is 3.88. The van der Waals surface area contributed by atoms with Gasteiger partial charge in [0.25, 0.3) is 11.6 Å². The van der Waals surface area contributed by atoms with Crippen LogP contribution in [0.15, 0.2) is 42.5 Å². The SMILES string of the molecule is COc1cc([C@H]2N(Nc3ccc([N+](=O)[O-])cc3)C(=O)[C@@H]3CCCN32)ccc1O. The minimum atomic E-state index is -0.466. The molecular weight excluding hydrogens is 364 g/mol. The van der Waals surface area contributed by atoms with Crippen LogP contribution in [0, 0.1) is 10.1 Å². The average Bonchev–Trinajstić information content (AvgIpc) is 3.26. The van der Waals surface area contributed by atoms with E-state index < -0.39 is 4.92 Å². The first-order valence-corrected chi connectivity index (χ1v) is 8.96. The molecule has 2 aliphatic rings. The summed E-state index contributed by atoms with van der Waals surface area (Å²) >= 11 is 0. The molecule has 28 heavy (non-hydrogen) atoms. The molecule has 9 nitrogen and oxygen atoms in total. The summed E-state index contributed by atoms with van der Waals surface area (Å²) in [6.45, 7) is 0.780. The van der Waals surface area contributed by atoms with E-state index in [1.165, 1.54) is 19.2 Å². The van der Waals surface area contributed by atoms with Gasteiger partial charge in [-0.2, -0.15) is 0 Å². The zero-order chi connectivity index (χ0) is 19.8. The molecule has 0 aromatic heterocycles. The molecule has 2 aromatic carbocycles. The second-order valence-corrected chi connectivity index (χ2v) is 6.82. The molecule has 146 valence electrons. The Labute approximate surface area is 161 Å². The number of benzene rings is 2. The third kappa shape index (κ3) is 2.99. The Bertz CT molecular complexity index is 917. The third-order valence-corrected chi connectivity index (χ3v) is 5.21. The van der Waals surface area contributed by atoms with Gasteiger partial charge in [-0.25, -0.2) is 5.01 Å². The first-order valence-electron chi connectivity index (χ1n) is 8.96. The van der Waals surface area contributed by atoms with Crippen LogP contribution in [0.5, 0.6) is 11.5 Å². The zero-order valence-electron chi connectivity index (χ0n) is 15.2. The van der Waals surface area contributed by atoms with Gasteiger partial charge in [0, 0.05) is 18.7 Å². The van der Waals surface area contributed by atoms with Crippen LogP contribution < -0.4 is 10.2 Å². The Morgan fingerprint density at radius 1 is 1.25 bits per heavy atom. The number of nitro groups is 1. The highest BCUT2D eigenvalue weighted by Crippen LogP contribution is 2.41. The lowest BCUT2D eigenvalue weighted by atomic mass is 10.1. The van der Waals surface area contributed by atoms with E-state index in [2.05, 4.69) is 10.3 Å². The number of carbonyl (C=O) groups is 1. The molecule has 0 saturated carbocycles. The van der Waals surface area contributed by atoms with Crippen LogP contribution in [-0.4, -0.2) is 45.5 Å². The van der Waals surface area contributed by atoms with Gasteiger partial charge in [0.2, 0.25) is 0 Å². The molecule has 1 amide bonds. The molecular formula is C19H20N4O5. The maximum absolute atomic E-state index is 13.0. The second-order valence-electron chi connectivity index (χ2n) is 6.82. The van der Waals surface area contributed by atoms with Gasteiger partial charge in [0.15, 0.2) is 11.5 Å². The summed E-state index contributed by atoms with van der Waals surface area (Å²) in [6, 6.07) is 10.7. The second kappa shape index (κ2) is 7.01. The molecule has 9 heteroatoms. The summed E-state index contributed by atoms with van der Waals surface area (Å²) in [5.41, 5.74) is 4.47. The van der Waals surface area contributed by atoms with E-state index in [1.54, 1.807) is 35.3 Å². The van der Waals surface area contributed by atoms with Gasteiger partial charge in [0.05, 0.1) is 23.8 Å². The molecule has 2 atom stereocenters. The number of hydrogen-bond acceptors (Lipinski definition) is 7. The summed E-state index contributed by atoms with van der Waals surface area (Å²) in [6.07, 6.45) is 1.35. The van der Waals surface area contributed by atoms with Gasteiger partial charge in [-0.1, -0.05) is 6.07 Å². The van der Waals surface area contributed by atoms with E-state index in [4.69, 9.17) is 4.74 Å². The Hall–Kier alpha value is -3.33. The highest BCUT2D eigenvalue weighted by Gasteiger charge is 2.49. The number of non-ortho nitro benzene ring substituents is 1. The van der Waals surface area contributed by atoms with Crippen molar-refractivity contribution < 1.29 is 19.6 Å². The molecule has 0 radical (unpaired) electrons. The first-order chi connectivity index (χ1) is 13.5.